The van der Waals surface area contributed by atoms with Crippen molar-refractivity contribution in [3.05, 3.63) is 52.8 Å². The van der Waals surface area contributed by atoms with Crippen molar-refractivity contribution in [2.45, 2.75) is 38.6 Å². The summed E-state index contributed by atoms with van der Waals surface area (Å²) in [5.74, 6) is -0.0458. The molecule has 2 aromatic rings. The second kappa shape index (κ2) is 6.40. The van der Waals surface area contributed by atoms with Gasteiger partial charge in [0, 0.05) is 37.3 Å². The molecule has 0 spiro atoms. The molecule has 1 aromatic heterocycles. The van der Waals surface area contributed by atoms with Gasteiger partial charge in [-0.05, 0) is 30.2 Å². The summed E-state index contributed by atoms with van der Waals surface area (Å²) < 4.78 is 0. The van der Waals surface area contributed by atoms with Gasteiger partial charge in [-0.1, -0.05) is 36.8 Å². The fourth-order valence-corrected chi connectivity index (χ4v) is 3.89. The molecule has 0 unspecified atom stereocenters. The van der Waals surface area contributed by atoms with Crippen LogP contribution in [0.5, 0.6) is 0 Å². The lowest BCUT2D eigenvalue weighted by atomic mass is 9.65. The standard InChI is InChI=1S/C19H24N4O/c24-18(17-15-12-20-10-7-16(15)22-23-17)21-13-19(8-4-9-19)11-14-5-2-1-3-6-14/h1-3,5-6,20H,4,7-13H2,(H,21,24)(H,22,23). The monoisotopic (exact) mass is 324 g/mol. The normalized spacial score (nSPS) is 18.5. The molecule has 1 aliphatic heterocycles. The van der Waals surface area contributed by atoms with Gasteiger partial charge in [-0.25, -0.2) is 0 Å². The minimum atomic E-state index is -0.0458. The van der Waals surface area contributed by atoms with E-state index in [1.54, 1.807) is 0 Å². The highest BCUT2D eigenvalue weighted by atomic mass is 16.1. The molecule has 2 aliphatic rings. The van der Waals surface area contributed by atoms with Crippen molar-refractivity contribution >= 4 is 5.91 Å². The van der Waals surface area contributed by atoms with Crippen molar-refractivity contribution in [3.63, 3.8) is 0 Å². The maximum Gasteiger partial charge on any atom is 0.272 e. The first-order valence-corrected chi connectivity index (χ1v) is 8.85. The third-order valence-electron chi connectivity index (χ3n) is 5.48. The number of amides is 1. The summed E-state index contributed by atoms with van der Waals surface area (Å²) in [7, 11) is 0. The summed E-state index contributed by atoms with van der Waals surface area (Å²) in [5, 5.41) is 13.7. The van der Waals surface area contributed by atoms with Crippen molar-refractivity contribution in [2.75, 3.05) is 13.1 Å². The van der Waals surface area contributed by atoms with E-state index in [1.165, 1.54) is 24.8 Å². The number of aromatic amines is 1. The molecule has 1 saturated carbocycles. The van der Waals surface area contributed by atoms with Gasteiger partial charge in [-0.2, -0.15) is 5.10 Å². The van der Waals surface area contributed by atoms with E-state index in [1.807, 2.05) is 6.07 Å². The van der Waals surface area contributed by atoms with Gasteiger partial charge < -0.3 is 10.6 Å². The van der Waals surface area contributed by atoms with Crippen molar-refractivity contribution in [1.82, 2.24) is 20.8 Å². The third-order valence-corrected chi connectivity index (χ3v) is 5.48. The number of hydrogen-bond donors (Lipinski definition) is 3. The first-order valence-electron chi connectivity index (χ1n) is 8.85. The number of nitrogens with zero attached hydrogens (tertiary/aromatic N) is 1. The summed E-state index contributed by atoms with van der Waals surface area (Å²) in [6.45, 7) is 2.40. The molecular formula is C19H24N4O. The Kier molecular flexibility index (Phi) is 4.10. The van der Waals surface area contributed by atoms with Gasteiger partial charge in [0.25, 0.3) is 5.91 Å². The molecule has 0 saturated heterocycles. The molecule has 5 heteroatoms. The van der Waals surface area contributed by atoms with Crippen LogP contribution >= 0.6 is 0 Å². The number of H-pyrrole nitrogens is 1. The second-order valence-electron chi connectivity index (χ2n) is 7.15. The van der Waals surface area contributed by atoms with Crippen LogP contribution in [0.3, 0.4) is 0 Å². The smallest absolute Gasteiger partial charge is 0.272 e. The van der Waals surface area contributed by atoms with Crippen LogP contribution in [0.1, 0.15) is 46.6 Å². The third kappa shape index (κ3) is 2.96. The van der Waals surface area contributed by atoms with E-state index in [9.17, 15) is 4.79 Å². The average Bonchev–Trinajstić information content (AvgIpc) is 3.02. The summed E-state index contributed by atoms with van der Waals surface area (Å²) in [4.78, 5) is 12.6. The van der Waals surface area contributed by atoms with Gasteiger partial charge >= 0.3 is 0 Å². The van der Waals surface area contributed by atoms with Crippen molar-refractivity contribution in [2.24, 2.45) is 5.41 Å². The Morgan fingerprint density at radius 1 is 1.25 bits per heavy atom. The predicted molar refractivity (Wildman–Crippen MR) is 92.8 cm³/mol. The lowest BCUT2D eigenvalue weighted by Gasteiger charge is -2.42. The highest BCUT2D eigenvalue weighted by Crippen LogP contribution is 2.43. The van der Waals surface area contributed by atoms with Gasteiger partial charge in [0.15, 0.2) is 5.69 Å². The molecule has 1 fully saturated rings. The minimum absolute atomic E-state index is 0.0458. The van der Waals surface area contributed by atoms with Crippen LogP contribution in [0.25, 0.3) is 0 Å². The summed E-state index contributed by atoms with van der Waals surface area (Å²) in [6.07, 6.45) is 5.57. The van der Waals surface area contributed by atoms with Crippen LogP contribution in [0.2, 0.25) is 0 Å². The van der Waals surface area contributed by atoms with Crippen LogP contribution in [-0.4, -0.2) is 29.2 Å². The average molecular weight is 324 g/mol. The van der Waals surface area contributed by atoms with E-state index in [-0.39, 0.29) is 11.3 Å². The summed E-state index contributed by atoms with van der Waals surface area (Å²) in [5.41, 5.74) is 4.26. The van der Waals surface area contributed by atoms with E-state index in [4.69, 9.17) is 0 Å². The fourth-order valence-electron chi connectivity index (χ4n) is 3.89. The maximum absolute atomic E-state index is 12.6. The number of benzene rings is 1. The quantitative estimate of drug-likeness (QED) is 0.790. The first kappa shape index (κ1) is 15.4. The Morgan fingerprint density at radius 3 is 2.83 bits per heavy atom. The fraction of sp³-hybridized carbons (Fsp3) is 0.474. The van der Waals surface area contributed by atoms with E-state index in [0.717, 1.165) is 43.7 Å². The summed E-state index contributed by atoms with van der Waals surface area (Å²) in [6, 6.07) is 10.6. The molecule has 126 valence electrons. The maximum atomic E-state index is 12.6. The van der Waals surface area contributed by atoms with E-state index in [0.29, 0.717) is 5.69 Å². The molecule has 3 N–H and O–H groups in total. The largest absolute Gasteiger partial charge is 0.350 e. The molecule has 24 heavy (non-hydrogen) atoms. The van der Waals surface area contributed by atoms with Gasteiger partial charge in [0.1, 0.15) is 0 Å². The van der Waals surface area contributed by atoms with Crippen LogP contribution in [-0.2, 0) is 19.4 Å². The number of rotatable bonds is 5. The van der Waals surface area contributed by atoms with Crippen molar-refractivity contribution in [3.8, 4) is 0 Å². The Hall–Kier alpha value is -2.14. The molecule has 0 radical (unpaired) electrons. The van der Waals surface area contributed by atoms with E-state index in [2.05, 4.69) is 45.1 Å². The molecule has 0 atom stereocenters. The van der Waals surface area contributed by atoms with Crippen LogP contribution in [0.4, 0.5) is 0 Å². The van der Waals surface area contributed by atoms with Crippen LogP contribution in [0, 0.1) is 5.41 Å². The Morgan fingerprint density at radius 2 is 2.08 bits per heavy atom. The highest BCUT2D eigenvalue weighted by Gasteiger charge is 2.37. The number of aromatic nitrogens is 2. The van der Waals surface area contributed by atoms with Crippen LogP contribution in [0.15, 0.2) is 30.3 Å². The number of hydrogen-bond acceptors (Lipinski definition) is 3. The molecule has 4 rings (SSSR count). The number of nitrogens with one attached hydrogen (secondary N) is 3. The summed E-state index contributed by atoms with van der Waals surface area (Å²) >= 11 is 0. The molecule has 1 aliphatic carbocycles. The molecule has 5 nitrogen and oxygen atoms in total. The van der Waals surface area contributed by atoms with Crippen molar-refractivity contribution < 1.29 is 4.79 Å². The molecular weight excluding hydrogens is 300 g/mol. The number of fused-ring (bicyclic) bond motifs is 1. The van der Waals surface area contributed by atoms with E-state index >= 15 is 0 Å². The topological polar surface area (TPSA) is 69.8 Å². The molecule has 1 aromatic carbocycles. The van der Waals surface area contributed by atoms with Gasteiger partial charge in [0.05, 0.1) is 0 Å². The zero-order chi connectivity index (χ0) is 16.4. The Bertz CT molecular complexity index is 718. The highest BCUT2D eigenvalue weighted by molar-refractivity contribution is 5.94. The first-order chi connectivity index (χ1) is 11.8. The number of carbonyl (C=O) groups excluding carboxylic acids is 1. The zero-order valence-corrected chi connectivity index (χ0v) is 13.9. The second-order valence-corrected chi connectivity index (χ2v) is 7.15. The van der Waals surface area contributed by atoms with Gasteiger partial charge in [-0.3, -0.25) is 9.89 Å². The number of carbonyl (C=O) groups is 1. The van der Waals surface area contributed by atoms with Gasteiger partial charge in [-0.15, -0.1) is 0 Å². The SMILES string of the molecule is O=C(NCC1(Cc2ccccc2)CCC1)c1n[nH]c2c1CNCC2. The molecule has 0 bridgehead atoms. The zero-order valence-electron chi connectivity index (χ0n) is 13.9. The van der Waals surface area contributed by atoms with Gasteiger partial charge in [0.2, 0.25) is 0 Å². The Labute approximate surface area is 142 Å². The minimum Gasteiger partial charge on any atom is -0.350 e. The van der Waals surface area contributed by atoms with Crippen molar-refractivity contribution in [1.29, 1.82) is 0 Å². The molecule has 2 heterocycles. The molecule has 1 amide bonds. The lowest BCUT2D eigenvalue weighted by Crippen LogP contribution is -2.44. The van der Waals surface area contributed by atoms with Crippen LogP contribution < -0.4 is 10.6 Å². The van der Waals surface area contributed by atoms with E-state index < -0.39 is 0 Å². The Balaban J connectivity index is 1.42. The predicted octanol–water partition coefficient (Wildman–Crippen LogP) is 2.20. The lowest BCUT2D eigenvalue weighted by molar-refractivity contribution is 0.0854.